The Kier molecular flexibility index (Phi) is 3.94. The van der Waals surface area contributed by atoms with Crippen LogP contribution in [0.2, 0.25) is 5.02 Å². The van der Waals surface area contributed by atoms with E-state index in [0.29, 0.717) is 10.6 Å². The molecule has 1 unspecified atom stereocenters. The summed E-state index contributed by atoms with van der Waals surface area (Å²) in [5.74, 6) is -0.309. The molecule has 0 spiro atoms. The lowest BCUT2D eigenvalue weighted by atomic mass is 9.99. The van der Waals surface area contributed by atoms with Crippen molar-refractivity contribution >= 4 is 11.6 Å². The summed E-state index contributed by atoms with van der Waals surface area (Å²) in [6, 6.07) is 8.34. The molecule has 0 aliphatic rings. The molecule has 2 rings (SSSR count). The van der Waals surface area contributed by atoms with Gasteiger partial charge >= 0.3 is 0 Å². The normalized spacial score (nSPS) is 12.4. The van der Waals surface area contributed by atoms with Crippen molar-refractivity contribution in [3.8, 4) is 0 Å². The highest BCUT2D eigenvalue weighted by atomic mass is 35.5. The number of rotatable bonds is 3. The monoisotopic (exact) mass is 264 g/mol. The molecule has 2 aromatic rings. The van der Waals surface area contributed by atoms with Crippen LogP contribution in [0.4, 0.5) is 4.39 Å². The third-order valence-corrected chi connectivity index (χ3v) is 3.05. The van der Waals surface area contributed by atoms with E-state index in [1.807, 2.05) is 19.1 Å². The number of nitrogens with zero attached hydrogens (tertiary/aromatic N) is 1. The summed E-state index contributed by atoms with van der Waals surface area (Å²) in [7, 11) is 1.80. The zero-order valence-corrected chi connectivity index (χ0v) is 11.0. The number of pyridine rings is 1. The molecule has 1 N–H and O–H groups in total. The number of nitrogens with one attached hydrogen (secondary N) is 1. The van der Waals surface area contributed by atoms with Crippen molar-refractivity contribution in [2.75, 3.05) is 7.05 Å². The summed E-state index contributed by atoms with van der Waals surface area (Å²) in [6.07, 6.45) is 1.73. The fraction of sp³-hybridized carbons (Fsp3) is 0.214. The molecular weight excluding hydrogens is 251 g/mol. The minimum Gasteiger partial charge on any atom is -0.309 e. The van der Waals surface area contributed by atoms with Gasteiger partial charge in [-0.2, -0.15) is 0 Å². The van der Waals surface area contributed by atoms with Crippen molar-refractivity contribution < 1.29 is 4.39 Å². The van der Waals surface area contributed by atoms with Crippen LogP contribution in [0.25, 0.3) is 0 Å². The van der Waals surface area contributed by atoms with Crippen molar-refractivity contribution in [1.29, 1.82) is 0 Å². The predicted molar refractivity (Wildman–Crippen MR) is 71.3 cm³/mol. The number of hydrogen-bond donors (Lipinski definition) is 1. The van der Waals surface area contributed by atoms with Crippen molar-refractivity contribution in [3.05, 3.63) is 64.2 Å². The lowest BCUT2D eigenvalue weighted by Crippen LogP contribution is -2.19. The van der Waals surface area contributed by atoms with Crippen molar-refractivity contribution in [1.82, 2.24) is 10.3 Å². The van der Waals surface area contributed by atoms with Gasteiger partial charge in [-0.15, -0.1) is 0 Å². The standard InChI is InChI=1S/C14H14ClFN2/c1-9-7-10(5-6-18-9)14(17-2)12-4-3-11(15)8-13(12)16/h3-8,14,17H,1-2H3. The van der Waals surface area contributed by atoms with Gasteiger partial charge in [0.2, 0.25) is 0 Å². The quantitative estimate of drug-likeness (QED) is 0.918. The fourth-order valence-corrected chi connectivity index (χ4v) is 2.14. The molecule has 0 aliphatic carbocycles. The van der Waals surface area contributed by atoms with Gasteiger partial charge in [-0.1, -0.05) is 17.7 Å². The minimum atomic E-state index is -0.309. The molecule has 0 saturated carbocycles. The maximum absolute atomic E-state index is 13.9. The molecule has 0 radical (unpaired) electrons. The molecule has 1 heterocycles. The van der Waals surface area contributed by atoms with Crippen LogP contribution in [0.1, 0.15) is 22.9 Å². The Morgan fingerprint density at radius 2 is 2.06 bits per heavy atom. The average Bonchev–Trinajstić information content (AvgIpc) is 2.33. The van der Waals surface area contributed by atoms with E-state index in [1.54, 1.807) is 25.4 Å². The Morgan fingerprint density at radius 1 is 1.28 bits per heavy atom. The van der Waals surface area contributed by atoms with Gasteiger partial charge in [-0.25, -0.2) is 4.39 Å². The Bertz CT molecular complexity index is 557. The van der Waals surface area contributed by atoms with Gasteiger partial charge in [-0.05, 0) is 43.8 Å². The van der Waals surface area contributed by atoms with E-state index in [-0.39, 0.29) is 11.9 Å². The van der Waals surface area contributed by atoms with E-state index >= 15 is 0 Å². The van der Waals surface area contributed by atoms with E-state index in [0.717, 1.165) is 11.3 Å². The highest BCUT2D eigenvalue weighted by molar-refractivity contribution is 6.30. The first-order chi connectivity index (χ1) is 8.61. The largest absolute Gasteiger partial charge is 0.309 e. The average molecular weight is 265 g/mol. The number of hydrogen-bond acceptors (Lipinski definition) is 2. The topological polar surface area (TPSA) is 24.9 Å². The lowest BCUT2D eigenvalue weighted by Gasteiger charge is -2.18. The van der Waals surface area contributed by atoms with Gasteiger partial charge in [0.15, 0.2) is 0 Å². The summed E-state index contributed by atoms with van der Waals surface area (Å²) < 4.78 is 13.9. The van der Waals surface area contributed by atoms with Crippen LogP contribution < -0.4 is 5.32 Å². The first kappa shape index (κ1) is 13.0. The number of halogens is 2. The molecule has 2 nitrogen and oxygen atoms in total. The Morgan fingerprint density at radius 3 is 2.67 bits per heavy atom. The highest BCUT2D eigenvalue weighted by Crippen LogP contribution is 2.26. The van der Waals surface area contributed by atoms with Crippen LogP contribution in [-0.2, 0) is 0 Å². The molecule has 0 aliphatic heterocycles. The summed E-state index contributed by atoms with van der Waals surface area (Å²) in [6.45, 7) is 1.91. The van der Waals surface area contributed by atoms with Crippen LogP contribution in [0.15, 0.2) is 36.5 Å². The van der Waals surface area contributed by atoms with Crippen LogP contribution >= 0.6 is 11.6 Å². The van der Waals surface area contributed by atoms with Gasteiger partial charge in [-0.3, -0.25) is 4.98 Å². The number of benzene rings is 1. The van der Waals surface area contributed by atoms with Crippen LogP contribution in [-0.4, -0.2) is 12.0 Å². The predicted octanol–water partition coefficient (Wildman–Crippen LogP) is 3.49. The molecule has 4 heteroatoms. The van der Waals surface area contributed by atoms with Gasteiger partial charge < -0.3 is 5.32 Å². The van der Waals surface area contributed by atoms with Gasteiger partial charge in [0.25, 0.3) is 0 Å². The van der Waals surface area contributed by atoms with E-state index in [1.165, 1.54) is 6.07 Å². The molecule has 18 heavy (non-hydrogen) atoms. The molecule has 1 atom stereocenters. The molecule has 0 amide bonds. The van der Waals surface area contributed by atoms with Crippen LogP contribution in [0.3, 0.4) is 0 Å². The summed E-state index contributed by atoms with van der Waals surface area (Å²) in [5, 5.41) is 3.51. The second-order valence-corrected chi connectivity index (χ2v) is 4.55. The molecule has 94 valence electrons. The number of aryl methyl sites for hydroxylation is 1. The van der Waals surface area contributed by atoms with Crippen molar-refractivity contribution in [3.63, 3.8) is 0 Å². The van der Waals surface area contributed by atoms with Gasteiger partial charge in [0.05, 0.1) is 6.04 Å². The summed E-state index contributed by atoms with van der Waals surface area (Å²) in [5.41, 5.74) is 2.46. The summed E-state index contributed by atoms with van der Waals surface area (Å²) >= 11 is 5.77. The SMILES string of the molecule is CNC(c1ccnc(C)c1)c1ccc(Cl)cc1F. The molecule has 0 saturated heterocycles. The zero-order chi connectivity index (χ0) is 13.1. The molecule has 1 aromatic heterocycles. The lowest BCUT2D eigenvalue weighted by molar-refractivity contribution is 0.576. The molecular formula is C14H14ClFN2. The zero-order valence-electron chi connectivity index (χ0n) is 10.2. The third-order valence-electron chi connectivity index (χ3n) is 2.82. The molecule has 1 aromatic carbocycles. The smallest absolute Gasteiger partial charge is 0.129 e. The highest BCUT2D eigenvalue weighted by Gasteiger charge is 2.16. The van der Waals surface area contributed by atoms with Gasteiger partial charge in [0.1, 0.15) is 5.82 Å². The Balaban J connectivity index is 2.45. The van der Waals surface area contributed by atoms with E-state index < -0.39 is 0 Å². The Hall–Kier alpha value is -1.45. The van der Waals surface area contributed by atoms with E-state index in [4.69, 9.17) is 11.6 Å². The van der Waals surface area contributed by atoms with E-state index in [2.05, 4.69) is 10.3 Å². The summed E-state index contributed by atoms with van der Waals surface area (Å²) in [4.78, 5) is 4.14. The first-order valence-corrected chi connectivity index (χ1v) is 6.04. The van der Waals surface area contributed by atoms with Crippen molar-refractivity contribution in [2.45, 2.75) is 13.0 Å². The second kappa shape index (κ2) is 5.46. The van der Waals surface area contributed by atoms with E-state index in [9.17, 15) is 4.39 Å². The Labute approximate surface area is 111 Å². The first-order valence-electron chi connectivity index (χ1n) is 5.66. The van der Waals surface area contributed by atoms with Crippen LogP contribution in [0.5, 0.6) is 0 Å². The second-order valence-electron chi connectivity index (χ2n) is 4.12. The fourth-order valence-electron chi connectivity index (χ4n) is 1.98. The minimum absolute atomic E-state index is 0.205. The molecule has 0 bridgehead atoms. The molecule has 0 fully saturated rings. The maximum Gasteiger partial charge on any atom is 0.129 e. The maximum atomic E-state index is 13.9. The third kappa shape index (κ3) is 2.68. The van der Waals surface area contributed by atoms with Gasteiger partial charge in [0, 0.05) is 22.5 Å². The van der Waals surface area contributed by atoms with Crippen LogP contribution in [0, 0.1) is 12.7 Å². The number of aromatic nitrogens is 1. The van der Waals surface area contributed by atoms with Crippen molar-refractivity contribution in [2.24, 2.45) is 0 Å².